The highest BCUT2D eigenvalue weighted by molar-refractivity contribution is 5.78. The molecule has 1 spiro atoms. The van der Waals surface area contributed by atoms with Crippen LogP contribution in [0.3, 0.4) is 0 Å². The van der Waals surface area contributed by atoms with Crippen LogP contribution < -0.4 is 10.2 Å². The number of piperazine rings is 1. The van der Waals surface area contributed by atoms with Crippen LogP contribution in [0.1, 0.15) is 17.0 Å². The molecule has 1 aromatic heterocycles. The van der Waals surface area contributed by atoms with Gasteiger partial charge >= 0.3 is 0 Å². The number of carbonyl (C=O) groups is 1. The molecule has 2 aliphatic heterocycles. The summed E-state index contributed by atoms with van der Waals surface area (Å²) in [6, 6.07) is 12.6. The van der Waals surface area contributed by atoms with E-state index in [1.807, 2.05) is 24.5 Å². The maximum absolute atomic E-state index is 11.9. The number of β-amino-alcohol motifs (C(OH)–C–C–N with tert-alkyl or cyclic N) is 1. The Kier molecular flexibility index (Phi) is 4.56. The van der Waals surface area contributed by atoms with Crippen molar-refractivity contribution in [3.05, 3.63) is 59.9 Å². The molecule has 4 atom stereocenters. The molecule has 1 amide bonds. The van der Waals surface area contributed by atoms with Crippen molar-refractivity contribution in [1.29, 1.82) is 0 Å². The Bertz CT molecular complexity index is 905. The molecule has 5 rings (SSSR count). The average Bonchev–Trinajstić information content (AvgIpc) is 3.21. The van der Waals surface area contributed by atoms with Crippen molar-refractivity contribution in [1.82, 2.24) is 15.2 Å². The number of hydrogen-bond acceptors (Lipinski definition) is 5. The summed E-state index contributed by atoms with van der Waals surface area (Å²) in [5.41, 5.74) is 3.43. The Balaban J connectivity index is 1.44. The third kappa shape index (κ3) is 3.11. The number of nitrogens with one attached hydrogen (secondary N) is 1. The molecule has 6 heteroatoms. The molecular formula is C23H28N4O2. The van der Waals surface area contributed by atoms with Crippen molar-refractivity contribution in [3.8, 4) is 0 Å². The van der Waals surface area contributed by atoms with Gasteiger partial charge in [-0.05, 0) is 36.0 Å². The number of benzene rings is 1. The molecule has 0 bridgehead atoms. The van der Waals surface area contributed by atoms with Gasteiger partial charge in [-0.1, -0.05) is 30.3 Å². The molecule has 2 aromatic rings. The number of rotatable bonds is 4. The molecule has 2 saturated heterocycles. The zero-order valence-corrected chi connectivity index (χ0v) is 16.8. The first kappa shape index (κ1) is 18.6. The molecule has 1 saturated carbocycles. The minimum Gasteiger partial charge on any atom is -0.391 e. The van der Waals surface area contributed by atoms with E-state index in [1.165, 1.54) is 5.56 Å². The third-order valence-electron chi connectivity index (χ3n) is 7.10. The zero-order chi connectivity index (χ0) is 20.0. The van der Waals surface area contributed by atoms with Crippen LogP contribution >= 0.6 is 0 Å². The van der Waals surface area contributed by atoms with E-state index in [4.69, 9.17) is 0 Å². The zero-order valence-electron chi connectivity index (χ0n) is 16.8. The van der Waals surface area contributed by atoms with Gasteiger partial charge in [-0.15, -0.1) is 0 Å². The molecule has 1 aliphatic carbocycles. The second-order valence-corrected chi connectivity index (χ2v) is 8.75. The Morgan fingerprint density at radius 2 is 2.10 bits per heavy atom. The number of carbonyl (C=O) groups excluding carboxylic acids is 1. The van der Waals surface area contributed by atoms with Gasteiger partial charge in [0.05, 0.1) is 12.6 Å². The van der Waals surface area contributed by atoms with Crippen LogP contribution in [0, 0.1) is 18.3 Å². The van der Waals surface area contributed by atoms with Gasteiger partial charge in [-0.3, -0.25) is 14.7 Å². The van der Waals surface area contributed by atoms with Crippen molar-refractivity contribution in [2.24, 2.45) is 11.3 Å². The summed E-state index contributed by atoms with van der Waals surface area (Å²) in [5, 5.41) is 14.2. The lowest BCUT2D eigenvalue weighted by atomic mass is 9.95. The topological polar surface area (TPSA) is 68.7 Å². The fourth-order valence-corrected chi connectivity index (χ4v) is 5.70. The number of anilines is 1. The van der Waals surface area contributed by atoms with E-state index in [1.54, 1.807) is 0 Å². The predicted molar refractivity (Wildman–Crippen MR) is 112 cm³/mol. The summed E-state index contributed by atoms with van der Waals surface area (Å²) in [4.78, 5) is 20.6. The summed E-state index contributed by atoms with van der Waals surface area (Å²) in [6.45, 7) is 6.45. The molecule has 3 heterocycles. The van der Waals surface area contributed by atoms with E-state index < -0.39 is 0 Å². The first-order valence-electron chi connectivity index (χ1n) is 10.5. The lowest BCUT2D eigenvalue weighted by Crippen LogP contribution is -2.48. The van der Waals surface area contributed by atoms with Crippen LogP contribution in [0.4, 0.5) is 5.69 Å². The predicted octanol–water partition coefficient (Wildman–Crippen LogP) is 1.40. The van der Waals surface area contributed by atoms with Crippen LogP contribution in [0.15, 0.2) is 48.8 Å². The summed E-state index contributed by atoms with van der Waals surface area (Å²) < 4.78 is 0. The third-order valence-corrected chi connectivity index (χ3v) is 7.10. The van der Waals surface area contributed by atoms with Crippen molar-refractivity contribution >= 4 is 11.6 Å². The summed E-state index contributed by atoms with van der Waals surface area (Å²) in [7, 11) is 0. The van der Waals surface area contributed by atoms with Crippen molar-refractivity contribution < 1.29 is 9.90 Å². The van der Waals surface area contributed by atoms with Gasteiger partial charge in [-0.2, -0.15) is 0 Å². The summed E-state index contributed by atoms with van der Waals surface area (Å²) >= 11 is 0. The molecule has 3 aliphatic rings. The first-order valence-corrected chi connectivity index (χ1v) is 10.5. The highest BCUT2D eigenvalue weighted by Crippen LogP contribution is 2.69. The Morgan fingerprint density at radius 3 is 2.86 bits per heavy atom. The Labute approximate surface area is 171 Å². The van der Waals surface area contributed by atoms with Gasteiger partial charge in [0.2, 0.25) is 5.91 Å². The van der Waals surface area contributed by atoms with Crippen LogP contribution in [-0.2, 0) is 4.79 Å². The standard InChI is InChI=1S/C23H28N4O2/c1-16-11-24-8-7-19(16)27-13-20(28)23(15-27)18(12-26-10-9-25-21(29)14-26)22(23)17-5-3-2-4-6-17/h2-8,11,18,20,22,28H,9-10,12-15H2,1H3,(H,25,29)/t18-,20-,22-,23-/m1/s1. The monoisotopic (exact) mass is 392 g/mol. The van der Waals surface area contributed by atoms with Crippen LogP contribution in [-0.4, -0.2) is 66.3 Å². The van der Waals surface area contributed by atoms with E-state index in [0.717, 1.165) is 30.9 Å². The van der Waals surface area contributed by atoms with Crippen LogP contribution in [0.2, 0.25) is 0 Å². The maximum atomic E-state index is 11.9. The molecule has 1 aromatic carbocycles. The number of pyridine rings is 1. The van der Waals surface area contributed by atoms with Gasteiger partial charge in [0.25, 0.3) is 0 Å². The van der Waals surface area contributed by atoms with E-state index in [-0.39, 0.29) is 17.4 Å². The number of aryl methyl sites for hydroxylation is 1. The number of nitrogens with zero attached hydrogens (tertiary/aromatic N) is 3. The minimum atomic E-state index is -0.385. The molecule has 3 fully saturated rings. The molecule has 2 N–H and O–H groups in total. The lowest BCUT2D eigenvalue weighted by Gasteiger charge is -2.27. The molecular weight excluding hydrogens is 364 g/mol. The van der Waals surface area contributed by atoms with Gasteiger partial charge in [0, 0.05) is 56.2 Å². The van der Waals surface area contributed by atoms with Crippen LogP contribution in [0.5, 0.6) is 0 Å². The molecule has 0 radical (unpaired) electrons. The number of aromatic nitrogens is 1. The average molecular weight is 393 g/mol. The van der Waals surface area contributed by atoms with Crippen molar-refractivity contribution in [3.63, 3.8) is 0 Å². The Morgan fingerprint density at radius 1 is 1.28 bits per heavy atom. The number of aliphatic hydroxyl groups excluding tert-OH is 1. The van der Waals surface area contributed by atoms with E-state index in [0.29, 0.717) is 31.5 Å². The van der Waals surface area contributed by atoms with Gasteiger partial charge < -0.3 is 15.3 Å². The maximum Gasteiger partial charge on any atom is 0.234 e. The van der Waals surface area contributed by atoms with Crippen molar-refractivity contribution in [2.45, 2.75) is 18.9 Å². The second-order valence-electron chi connectivity index (χ2n) is 8.75. The van der Waals surface area contributed by atoms with Crippen LogP contribution in [0.25, 0.3) is 0 Å². The number of hydrogen-bond donors (Lipinski definition) is 2. The quantitative estimate of drug-likeness (QED) is 0.823. The SMILES string of the molecule is Cc1cnccc1N1C[C@@H](O)[C@@]2(C1)[C@H](CN1CCNC(=O)C1)[C@H]2c1ccccc1. The molecule has 29 heavy (non-hydrogen) atoms. The highest BCUT2D eigenvalue weighted by atomic mass is 16.3. The number of amides is 1. The van der Waals surface area contributed by atoms with Gasteiger partial charge in [0.15, 0.2) is 0 Å². The van der Waals surface area contributed by atoms with Gasteiger partial charge in [-0.25, -0.2) is 0 Å². The largest absolute Gasteiger partial charge is 0.391 e. The number of aliphatic hydroxyl groups is 1. The Hall–Kier alpha value is -2.44. The summed E-state index contributed by atoms with van der Waals surface area (Å²) in [5.74, 6) is 0.761. The smallest absolute Gasteiger partial charge is 0.234 e. The molecule has 0 unspecified atom stereocenters. The minimum absolute atomic E-state index is 0.100. The van der Waals surface area contributed by atoms with E-state index >= 15 is 0 Å². The normalized spacial score (nSPS) is 31.9. The van der Waals surface area contributed by atoms with E-state index in [2.05, 4.69) is 51.3 Å². The van der Waals surface area contributed by atoms with Crippen molar-refractivity contribution in [2.75, 3.05) is 44.2 Å². The van der Waals surface area contributed by atoms with Gasteiger partial charge in [0.1, 0.15) is 0 Å². The highest BCUT2D eigenvalue weighted by Gasteiger charge is 2.71. The molecule has 152 valence electrons. The second kappa shape index (κ2) is 7.11. The lowest BCUT2D eigenvalue weighted by molar-refractivity contribution is -0.124. The summed E-state index contributed by atoms with van der Waals surface area (Å²) in [6.07, 6.45) is 3.33. The molecule has 6 nitrogen and oxygen atoms in total. The fraction of sp³-hybridized carbons (Fsp3) is 0.478. The fourth-order valence-electron chi connectivity index (χ4n) is 5.70. The van der Waals surface area contributed by atoms with E-state index in [9.17, 15) is 9.90 Å². The first-order chi connectivity index (χ1) is 14.1.